The Morgan fingerprint density at radius 1 is 1.55 bits per heavy atom. The van der Waals surface area contributed by atoms with E-state index in [0.29, 0.717) is 12.1 Å². The van der Waals surface area contributed by atoms with Gasteiger partial charge in [-0.3, -0.25) is 4.79 Å². The smallest absolute Gasteiger partial charge is 0.155 e. The lowest BCUT2D eigenvalue weighted by atomic mass is 10.3. The molecule has 0 unspecified atom stereocenters. The van der Waals surface area contributed by atoms with Crippen molar-refractivity contribution in [2.45, 2.75) is 13.3 Å². The van der Waals surface area contributed by atoms with Gasteiger partial charge in [0.15, 0.2) is 5.78 Å². The van der Waals surface area contributed by atoms with Crippen molar-refractivity contribution in [1.82, 2.24) is 0 Å². The molecule has 3 heteroatoms. The van der Waals surface area contributed by atoms with Crippen LogP contribution < -0.4 is 5.73 Å². The number of hydrogen-bond acceptors (Lipinski definition) is 3. The molecule has 0 aromatic heterocycles. The Morgan fingerprint density at radius 3 is 2.64 bits per heavy atom. The number of rotatable bonds is 4. The highest BCUT2D eigenvalue weighted by Gasteiger charge is 1.88. The van der Waals surface area contributed by atoms with Gasteiger partial charge >= 0.3 is 0 Å². The highest BCUT2D eigenvalue weighted by molar-refractivity contribution is 8.01. The van der Waals surface area contributed by atoms with Crippen LogP contribution in [0.1, 0.15) is 13.3 Å². The minimum atomic E-state index is 0.0995. The summed E-state index contributed by atoms with van der Waals surface area (Å²) in [5.41, 5.74) is 6.11. The molecule has 2 N–H and O–H groups in total. The first-order chi connectivity index (χ1) is 5.20. The van der Waals surface area contributed by atoms with Crippen LogP contribution in [0.2, 0.25) is 0 Å². The molecule has 0 radical (unpaired) electrons. The predicted octanol–water partition coefficient (Wildman–Crippen LogP) is 1.68. The van der Waals surface area contributed by atoms with Crippen molar-refractivity contribution < 1.29 is 4.79 Å². The highest BCUT2D eigenvalue weighted by Crippen LogP contribution is 1.98. The molecule has 0 aromatic rings. The molecular weight excluding hydrogens is 158 g/mol. The maximum atomic E-state index is 10.7. The summed E-state index contributed by atoms with van der Waals surface area (Å²) in [7, 11) is 0. The Kier molecular flexibility index (Phi) is 5.65. The molecule has 0 aliphatic heterocycles. The number of ketones is 1. The normalized spacial score (nSPS) is 12.4. The Balaban J connectivity index is 3.92. The fraction of sp³-hybridized carbons (Fsp3) is 0.375. The summed E-state index contributed by atoms with van der Waals surface area (Å²) >= 11 is 1.52. The minimum Gasteiger partial charge on any atom is -0.398 e. The molecule has 0 saturated heterocycles. The van der Waals surface area contributed by atoms with Crippen LogP contribution in [0.15, 0.2) is 23.3 Å². The Labute approximate surface area is 71.5 Å². The SMILES string of the molecule is CCC(=O)/C=C/C(N)=C\SC. The fourth-order valence-corrected chi connectivity index (χ4v) is 0.833. The minimum absolute atomic E-state index is 0.0995. The molecule has 0 rings (SSSR count). The summed E-state index contributed by atoms with van der Waals surface area (Å²) in [5, 5.41) is 1.79. The number of carbonyl (C=O) groups excluding carboxylic acids is 1. The maximum absolute atomic E-state index is 10.7. The van der Waals surface area contributed by atoms with E-state index in [9.17, 15) is 4.79 Å². The van der Waals surface area contributed by atoms with E-state index in [-0.39, 0.29) is 5.78 Å². The van der Waals surface area contributed by atoms with Gasteiger partial charge in [0.2, 0.25) is 0 Å². The quantitative estimate of drug-likeness (QED) is 0.517. The lowest BCUT2D eigenvalue weighted by molar-refractivity contribution is -0.114. The first kappa shape index (κ1) is 10.3. The summed E-state index contributed by atoms with van der Waals surface area (Å²) in [4.78, 5) is 10.7. The first-order valence-corrected chi connectivity index (χ1v) is 4.68. The topological polar surface area (TPSA) is 43.1 Å². The average Bonchev–Trinajstić information content (AvgIpc) is 2.01. The summed E-state index contributed by atoms with van der Waals surface area (Å²) in [6, 6.07) is 0. The molecule has 0 aliphatic rings. The predicted molar refractivity (Wildman–Crippen MR) is 50.2 cm³/mol. The zero-order chi connectivity index (χ0) is 8.69. The van der Waals surface area contributed by atoms with Gasteiger partial charge in [0, 0.05) is 12.1 Å². The van der Waals surface area contributed by atoms with Crippen molar-refractivity contribution in [3.05, 3.63) is 23.3 Å². The molecule has 62 valence electrons. The van der Waals surface area contributed by atoms with Crippen LogP contribution in [0, 0.1) is 0 Å². The molecule has 0 atom stereocenters. The standard InChI is InChI=1S/C8H13NOS/c1-3-8(10)5-4-7(9)6-11-2/h4-6H,3,9H2,1-2H3/b5-4+,7-6+. The molecule has 0 saturated carbocycles. The largest absolute Gasteiger partial charge is 0.398 e. The average molecular weight is 171 g/mol. The molecule has 0 bridgehead atoms. The van der Waals surface area contributed by atoms with Crippen LogP contribution in [0.25, 0.3) is 0 Å². The summed E-state index contributed by atoms with van der Waals surface area (Å²) in [5.74, 6) is 0.0995. The van der Waals surface area contributed by atoms with E-state index in [1.165, 1.54) is 17.8 Å². The molecule has 0 aliphatic carbocycles. The van der Waals surface area contributed by atoms with E-state index in [1.807, 2.05) is 13.2 Å². The summed E-state index contributed by atoms with van der Waals surface area (Å²) in [6.45, 7) is 1.82. The lowest BCUT2D eigenvalue weighted by Crippen LogP contribution is -1.94. The van der Waals surface area contributed by atoms with Crippen molar-refractivity contribution in [2.75, 3.05) is 6.26 Å². The lowest BCUT2D eigenvalue weighted by Gasteiger charge is -1.89. The van der Waals surface area contributed by atoms with E-state index < -0.39 is 0 Å². The molecule has 0 aromatic carbocycles. The summed E-state index contributed by atoms with van der Waals surface area (Å²) in [6.07, 6.45) is 5.58. The zero-order valence-electron chi connectivity index (χ0n) is 6.83. The number of thioether (sulfide) groups is 1. The van der Waals surface area contributed by atoms with Gasteiger partial charge < -0.3 is 5.73 Å². The van der Waals surface area contributed by atoms with Crippen molar-refractivity contribution in [2.24, 2.45) is 5.73 Å². The number of hydrogen-bond donors (Lipinski definition) is 1. The van der Waals surface area contributed by atoms with E-state index in [1.54, 1.807) is 11.5 Å². The second kappa shape index (κ2) is 6.04. The van der Waals surface area contributed by atoms with E-state index in [4.69, 9.17) is 5.73 Å². The fourth-order valence-electron chi connectivity index (χ4n) is 0.482. The van der Waals surface area contributed by atoms with Crippen LogP contribution in [-0.4, -0.2) is 12.0 Å². The zero-order valence-corrected chi connectivity index (χ0v) is 7.65. The highest BCUT2D eigenvalue weighted by atomic mass is 32.2. The van der Waals surface area contributed by atoms with Gasteiger partial charge in [-0.15, -0.1) is 11.8 Å². The molecule has 0 amide bonds. The van der Waals surface area contributed by atoms with E-state index in [2.05, 4.69) is 0 Å². The third-order valence-corrected chi connectivity index (χ3v) is 1.57. The number of allylic oxidation sites excluding steroid dienone is 2. The van der Waals surface area contributed by atoms with Crippen molar-refractivity contribution in [3.8, 4) is 0 Å². The van der Waals surface area contributed by atoms with Crippen molar-refractivity contribution in [3.63, 3.8) is 0 Å². The monoisotopic (exact) mass is 171 g/mol. The third kappa shape index (κ3) is 5.73. The van der Waals surface area contributed by atoms with Crippen molar-refractivity contribution >= 4 is 17.5 Å². The molecule has 11 heavy (non-hydrogen) atoms. The van der Waals surface area contributed by atoms with Gasteiger partial charge in [-0.2, -0.15) is 0 Å². The van der Waals surface area contributed by atoms with Gasteiger partial charge in [-0.1, -0.05) is 6.92 Å². The van der Waals surface area contributed by atoms with Gasteiger partial charge in [0.05, 0.1) is 0 Å². The third-order valence-electron chi connectivity index (χ3n) is 1.06. The van der Waals surface area contributed by atoms with Gasteiger partial charge in [-0.05, 0) is 23.8 Å². The van der Waals surface area contributed by atoms with Crippen LogP contribution in [0.4, 0.5) is 0 Å². The van der Waals surface area contributed by atoms with Crippen molar-refractivity contribution in [1.29, 1.82) is 0 Å². The van der Waals surface area contributed by atoms with Gasteiger partial charge in [0.1, 0.15) is 0 Å². The second-order valence-electron chi connectivity index (χ2n) is 2.01. The van der Waals surface area contributed by atoms with Crippen LogP contribution in [0.5, 0.6) is 0 Å². The van der Waals surface area contributed by atoms with Crippen LogP contribution in [0.3, 0.4) is 0 Å². The number of nitrogens with two attached hydrogens (primary N) is 1. The molecule has 0 spiro atoms. The molecule has 0 heterocycles. The molecule has 2 nitrogen and oxygen atoms in total. The van der Waals surface area contributed by atoms with Crippen LogP contribution in [-0.2, 0) is 4.79 Å². The van der Waals surface area contributed by atoms with Crippen LogP contribution >= 0.6 is 11.8 Å². The maximum Gasteiger partial charge on any atom is 0.155 e. The number of carbonyl (C=O) groups is 1. The Hall–Kier alpha value is -0.700. The second-order valence-corrected chi connectivity index (χ2v) is 2.71. The molecule has 0 fully saturated rings. The summed E-state index contributed by atoms with van der Waals surface area (Å²) < 4.78 is 0. The molecular formula is C8H13NOS. The first-order valence-electron chi connectivity index (χ1n) is 3.40. The van der Waals surface area contributed by atoms with Gasteiger partial charge in [0.25, 0.3) is 0 Å². The van der Waals surface area contributed by atoms with Gasteiger partial charge in [-0.25, -0.2) is 0 Å². The van der Waals surface area contributed by atoms with E-state index in [0.717, 1.165) is 0 Å². The Morgan fingerprint density at radius 2 is 2.18 bits per heavy atom. The van der Waals surface area contributed by atoms with E-state index >= 15 is 0 Å². The Bertz CT molecular complexity index is 185.